The molecule has 7 nitrogen and oxygen atoms in total. The second kappa shape index (κ2) is 8.83. The molecule has 0 saturated carbocycles. The van der Waals surface area contributed by atoms with Crippen molar-refractivity contribution in [2.24, 2.45) is 16.3 Å². The first-order valence-electron chi connectivity index (χ1n) is 10.7. The van der Waals surface area contributed by atoms with Gasteiger partial charge in [0.05, 0.1) is 29.4 Å². The van der Waals surface area contributed by atoms with Crippen LogP contribution < -0.4 is 4.74 Å². The molecule has 4 rings (SSSR count). The number of rotatable bonds is 5. The maximum absolute atomic E-state index is 11.2. The van der Waals surface area contributed by atoms with Crippen LogP contribution in [-0.4, -0.2) is 18.2 Å². The van der Waals surface area contributed by atoms with Gasteiger partial charge in [-0.1, -0.05) is 20.8 Å². The molecule has 0 N–H and O–H groups in total. The van der Waals surface area contributed by atoms with Crippen LogP contribution in [0.15, 0.2) is 39.7 Å². The number of nitro groups is 1. The third-order valence-electron chi connectivity index (χ3n) is 6.18. The number of fused-ring (bicyclic) bond motifs is 1. The quantitative estimate of drug-likeness (QED) is 0.238. The third-order valence-corrected chi connectivity index (χ3v) is 7.34. The summed E-state index contributed by atoms with van der Waals surface area (Å²) in [5.74, 6) is 1.99. The number of nitro benzene ring substituents is 1. The van der Waals surface area contributed by atoms with Gasteiger partial charge in [0, 0.05) is 17.0 Å². The standard InChI is InChI=1S/C25H25N3O4S/c1-25(2,3)15-5-8-18-20(13-26)24(33-23(18)11-15)27-14-17-7-10-22(32-17)19-12-16(28(29)30)6-9-21(19)31-4/h6-7,9-10,12,14-15H,5,8,11H2,1-4H3/t15-/m0/s1. The Kier molecular flexibility index (Phi) is 6.09. The van der Waals surface area contributed by atoms with Crippen LogP contribution in [0.3, 0.4) is 0 Å². The normalized spacial score (nSPS) is 15.9. The summed E-state index contributed by atoms with van der Waals surface area (Å²) in [6, 6.07) is 10.2. The molecule has 0 unspecified atom stereocenters. The van der Waals surface area contributed by atoms with Gasteiger partial charge in [-0.25, -0.2) is 4.99 Å². The van der Waals surface area contributed by atoms with Crippen molar-refractivity contribution in [1.29, 1.82) is 5.26 Å². The summed E-state index contributed by atoms with van der Waals surface area (Å²) >= 11 is 1.58. The number of hydrogen-bond acceptors (Lipinski definition) is 7. The zero-order chi connectivity index (χ0) is 23.8. The minimum atomic E-state index is -0.458. The number of nitriles is 1. The van der Waals surface area contributed by atoms with Crippen LogP contribution in [0, 0.1) is 32.8 Å². The second-order valence-electron chi connectivity index (χ2n) is 9.20. The summed E-state index contributed by atoms with van der Waals surface area (Å²) in [5.41, 5.74) is 2.47. The SMILES string of the molecule is COc1ccc([N+](=O)[O-])cc1-c1ccc(C=Nc2sc3c(c2C#N)CC[C@H](C(C)(C)C)C3)o1. The van der Waals surface area contributed by atoms with Gasteiger partial charge in [0.25, 0.3) is 5.69 Å². The molecule has 1 aliphatic carbocycles. The molecule has 170 valence electrons. The Balaban J connectivity index is 1.61. The summed E-state index contributed by atoms with van der Waals surface area (Å²) in [6.07, 6.45) is 4.55. The van der Waals surface area contributed by atoms with Crippen molar-refractivity contribution in [2.75, 3.05) is 7.11 Å². The van der Waals surface area contributed by atoms with E-state index >= 15 is 0 Å². The smallest absolute Gasteiger partial charge is 0.270 e. The van der Waals surface area contributed by atoms with E-state index in [4.69, 9.17) is 9.15 Å². The Hall–Kier alpha value is -3.44. The fourth-order valence-corrected chi connectivity index (χ4v) is 5.43. The third kappa shape index (κ3) is 4.55. The summed E-state index contributed by atoms with van der Waals surface area (Å²) < 4.78 is 11.2. The van der Waals surface area contributed by atoms with E-state index in [0.717, 1.165) is 24.8 Å². The zero-order valence-electron chi connectivity index (χ0n) is 19.0. The fraction of sp³-hybridized carbons (Fsp3) is 0.360. The van der Waals surface area contributed by atoms with Gasteiger partial charge < -0.3 is 9.15 Å². The Morgan fingerprint density at radius 2 is 2.12 bits per heavy atom. The van der Waals surface area contributed by atoms with E-state index < -0.39 is 4.92 Å². The van der Waals surface area contributed by atoms with Crippen LogP contribution in [0.5, 0.6) is 5.75 Å². The van der Waals surface area contributed by atoms with Crippen molar-refractivity contribution in [1.82, 2.24) is 0 Å². The van der Waals surface area contributed by atoms with Gasteiger partial charge in [-0.15, -0.1) is 11.3 Å². The summed E-state index contributed by atoms with van der Waals surface area (Å²) in [6.45, 7) is 6.81. The topological polar surface area (TPSA) is 102 Å². The predicted molar refractivity (Wildman–Crippen MR) is 129 cm³/mol. The Morgan fingerprint density at radius 1 is 1.33 bits per heavy atom. The number of nitrogens with zero attached hydrogens (tertiary/aromatic N) is 3. The molecule has 0 bridgehead atoms. The molecule has 2 aromatic heterocycles. The first kappa shape index (κ1) is 22.7. The highest BCUT2D eigenvalue weighted by Gasteiger charge is 2.32. The minimum absolute atomic E-state index is 0.0474. The van der Waals surface area contributed by atoms with E-state index in [2.05, 4.69) is 31.8 Å². The maximum Gasteiger partial charge on any atom is 0.270 e. The molecule has 0 spiro atoms. The average molecular weight is 464 g/mol. The van der Waals surface area contributed by atoms with Gasteiger partial charge in [-0.2, -0.15) is 5.26 Å². The Bertz CT molecular complexity index is 1270. The Morgan fingerprint density at radius 3 is 2.79 bits per heavy atom. The molecule has 0 amide bonds. The van der Waals surface area contributed by atoms with Crippen molar-refractivity contribution >= 4 is 28.2 Å². The van der Waals surface area contributed by atoms with Crippen LogP contribution in [0.4, 0.5) is 10.7 Å². The number of hydrogen-bond donors (Lipinski definition) is 0. The lowest BCUT2D eigenvalue weighted by molar-refractivity contribution is -0.384. The van der Waals surface area contributed by atoms with Crippen molar-refractivity contribution in [2.45, 2.75) is 40.0 Å². The molecule has 1 aromatic carbocycles. The van der Waals surface area contributed by atoms with Gasteiger partial charge in [-0.05, 0) is 54.4 Å². The maximum atomic E-state index is 11.2. The average Bonchev–Trinajstić information content (AvgIpc) is 3.40. The van der Waals surface area contributed by atoms with E-state index in [0.29, 0.717) is 39.3 Å². The van der Waals surface area contributed by atoms with E-state index in [1.807, 2.05) is 0 Å². The van der Waals surface area contributed by atoms with Crippen LogP contribution in [0.2, 0.25) is 0 Å². The molecule has 0 fully saturated rings. The monoisotopic (exact) mass is 463 g/mol. The first-order chi connectivity index (χ1) is 15.7. The number of methoxy groups -OCH3 is 1. The molecule has 0 aliphatic heterocycles. The number of non-ortho nitro benzene ring substituents is 1. The molecular weight excluding hydrogens is 438 g/mol. The van der Waals surface area contributed by atoms with Crippen molar-refractivity contribution < 1.29 is 14.1 Å². The highest BCUT2D eigenvalue weighted by molar-refractivity contribution is 7.16. The summed E-state index contributed by atoms with van der Waals surface area (Å²) in [7, 11) is 1.50. The van der Waals surface area contributed by atoms with Crippen molar-refractivity contribution in [3.05, 3.63) is 62.2 Å². The molecule has 33 heavy (non-hydrogen) atoms. The molecule has 1 atom stereocenters. The van der Waals surface area contributed by atoms with Crippen LogP contribution >= 0.6 is 11.3 Å². The van der Waals surface area contributed by atoms with Crippen molar-refractivity contribution in [3.8, 4) is 23.1 Å². The number of ether oxygens (including phenoxy) is 1. The molecular formula is C25H25N3O4S. The van der Waals surface area contributed by atoms with Gasteiger partial charge in [0.1, 0.15) is 28.3 Å². The van der Waals surface area contributed by atoms with E-state index in [1.54, 1.807) is 35.8 Å². The van der Waals surface area contributed by atoms with Gasteiger partial charge in [0.2, 0.25) is 0 Å². The van der Waals surface area contributed by atoms with Crippen molar-refractivity contribution in [3.63, 3.8) is 0 Å². The number of aliphatic imine (C=N–C) groups is 1. The lowest BCUT2D eigenvalue weighted by atomic mass is 9.72. The molecule has 8 heteroatoms. The van der Waals surface area contributed by atoms with Gasteiger partial charge in [-0.3, -0.25) is 10.1 Å². The number of thiophene rings is 1. The lowest BCUT2D eigenvalue weighted by Crippen LogP contribution is -2.26. The van der Waals surface area contributed by atoms with Gasteiger partial charge >= 0.3 is 0 Å². The molecule has 1 aliphatic rings. The van der Waals surface area contributed by atoms with Crippen LogP contribution in [0.25, 0.3) is 11.3 Å². The molecule has 0 saturated heterocycles. The highest BCUT2D eigenvalue weighted by atomic mass is 32.1. The summed E-state index contributed by atoms with van der Waals surface area (Å²) in [4.78, 5) is 16.5. The zero-order valence-corrected chi connectivity index (χ0v) is 19.9. The summed E-state index contributed by atoms with van der Waals surface area (Å²) in [5, 5.41) is 21.6. The first-order valence-corrected chi connectivity index (χ1v) is 11.5. The largest absolute Gasteiger partial charge is 0.496 e. The minimum Gasteiger partial charge on any atom is -0.496 e. The lowest BCUT2D eigenvalue weighted by Gasteiger charge is -2.33. The number of furan rings is 1. The predicted octanol–water partition coefficient (Wildman–Crippen LogP) is 6.70. The van der Waals surface area contributed by atoms with E-state index in [9.17, 15) is 15.4 Å². The Labute approximate surface area is 196 Å². The highest BCUT2D eigenvalue weighted by Crippen LogP contribution is 2.45. The van der Waals surface area contributed by atoms with E-state index in [1.165, 1.54) is 24.1 Å². The molecule has 2 heterocycles. The van der Waals surface area contributed by atoms with E-state index in [-0.39, 0.29) is 11.1 Å². The van der Waals surface area contributed by atoms with Crippen LogP contribution in [0.1, 0.15) is 49.0 Å². The van der Waals surface area contributed by atoms with Gasteiger partial charge in [0.15, 0.2) is 0 Å². The van der Waals surface area contributed by atoms with Crippen LogP contribution in [-0.2, 0) is 12.8 Å². The molecule has 0 radical (unpaired) electrons. The second-order valence-corrected chi connectivity index (χ2v) is 10.3. The fourth-order valence-electron chi connectivity index (χ4n) is 4.21. The molecule has 3 aromatic rings. The number of benzene rings is 1.